The monoisotopic (exact) mass is 282 g/mol. The van der Waals surface area contributed by atoms with Gasteiger partial charge >= 0.3 is 0 Å². The maximum Gasteiger partial charge on any atom is 0.140 e. The minimum Gasteiger partial charge on any atom is -0.232 e. The molecule has 2 aromatic rings. The second-order valence-corrected chi connectivity index (χ2v) is 5.08. The Morgan fingerprint density at radius 3 is 2.80 bits per heavy atom. The van der Waals surface area contributed by atoms with E-state index < -0.39 is 0 Å². The van der Waals surface area contributed by atoms with Crippen LogP contribution >= 0.6 is 27.5 Å². The van der Waals surface area contributed by atoms with Crippen LogP contribution < -0.4 is 0 Å². The van der Waals surface area contributed by atoms with Crippen LogP contribution in [0.2, 0.25) is 5.15 Å². The molecule has 1 aliphatic carbocycles. The van der Waals surface area contributed by atoms with Gasteiger partial charge in [-0.3, -0.25) is 0 Å². The molecule has 0 bridgehead atoms. The standard InChI is InChI=1S/C11H8BrClN2/c12-7-3-4-8-9(5-7)14-11(6-1-2-6)15-10(8)13/h3-6H,1-2H2. The number of benzene rings is 1. The summed E-state index contributed by atoms with van der Waals surface area (Å²) in [6, 6.07) is 5.88. The third-order valence-electron chi connectivity index (χ3n) is 2.57. The van der Waals surface area contributed by atoms with E-state index in [1.165, 1.54) is 12.8 Å². The van der Waals surface area contributed by atoms with Crippen molar-refractivity contribution in [3.05, 3.63) is 33.6 Å². The molecule has 1 fully saturated rings. The summed E-state index contributed by atoms with van der Waals surface area (Å²) in [5, 5.41) is 1.48. The van der Waals surface area contributed by atoms with Crippen LogP contribution in [0.3, 0.4) is 0 Å². The number of fused-ring (bicyclic) bond motifs is 1. The Kier molecular flexibility index (Phi) is 2.18. The molecule has 0 unspecified atom stereocenters. The Labute approximate surface area is 101 Å². The number of rotatable bonds is 1. The van der Waals surface area contributed by atoms with Crippen molar-refractivity contribution < 1.29 is 0 Å². The van der Waals surface area contributed by atoms with Crippen LogP contribution in [0, 0.1) is 0 Å². The van der Waals surface area contributed by atoms with E-state index in [0.29, 0.717) is 11.1 Å². The van der Waals surface area contributed by atoms with Crippen molar-refractivity contribution >= 4 is 38.4 Å². The average molecular weight is 284 g/mol. The van der Waals surface area contributed by atoms with Crippen LogP contribution in [0.4, 0.5) is 0 Å². The van der Waals surface area contributed by atoms with E-state index in [9.17, 15) is 0 Å². The lowest BCUT2D eigenvalue weighted by Crippen LogP contribution is -1.94. The quantitative estimate of drug-likeness (QED) is 0.741. The van der Waals surface area contributed by atoms with Crippen molar-refractivity contribution in [1.82, 2.24) is 9.97 Å². The second kappa shape index (κ2) is 3.42. The van der Waals surface area contributed by atoms with Gasteiger partial charge in [0.25, 0.3) is 0 Å². The van der Waals surface area contributed by atoms with E-state index >= 15 is 0 Å². The molecule has 15 heavy (non-hydrogen) atoms. The first-order valence-corrected chi connectivity index (χ1v) is 6.04. The number of hydrogen-bond donors (Lipinski definition) is 0. The molecule has 2 nitrogen and oxygen atoms in total. The number of aromatic nitrogens is 2. The molecule has 0 atom stereocenters. The van der Waals surface area contributed by atoms with E-state index in [-0.39, 0.29) is 0 Å². The molecule has 0 aliphatic heterocycles. The first-order chi connectivity index (χ1) is 7.24. The summed E-state index contributed by atoms with van der Waals surface area (Å²) in [5.41, 5.74) is 0.922. The van der Waals surface area contributed by atoms with Crippen molar-refractivity contribution in [2.24, 2.45) is 0 Å². The molecule has 0 radical (unpaired) electrons. The van der Waals surface area contributed by atoms with Gasteiger partial charge in [0.2, 0.25) is 0 Å². The van der Waals surface area contributed by atoms with Crippen LogP contribution in [-0.2, 0) is 0 Å². The molecule has 3 rings (SSSR count). The van der Waals surface area contributed by atoms with Crippen molar-refractivity contribution in [3.8, 4) is 0 Å². The summed E-state index contributed by atoms with van der Waals surface area (Å²) in [6.45, 7) is 0. The molecule has 0 N–H and O–H groups in total. The van der Waals surface area contributed by atoms with Gasteiger partial charge in [-0.25, -0.2) is 9.97 Å². The van der Waals surface area contributed by atoms with Crippen molar-refractivity contribution in [3.63, 3.8) is 0 Å². The fraction of sp³-hybridized carbons (Fsp3) is 0.273. The predicted molar refractivity (Wildman–Crippen MR) is 64.2 cm³/mol. The van der Waals surface area contributed by atoms with E-state index in [1.54, 1.807) is 0 Å². The summed E-state index contributed by atoms with van der Waals surface area (Å²) in [5.74, 6) is 1.43. The second-order valence-electron chi connectivity index (χ2n) is 3.81. The largest absolute Gasteiger partial charge is 0.232 e. The molecule has 1 saturated carbocycles. The third kappa shape index (κ3) is 1.74. The van der Waals surface area contributed by atoms with Gasteiger partial charge in [0.05, 0.1) is 5.52 Å². The highest BCUT2D eigenvalue weighted by atomic mass is 79.9. The molecule has 0 amide bonds. The molecule has 1 heterocycles. The first-order valence-electron chi connectivity index (χ1n) is 4.87. The van der Waals surface area contributed by atoms with Crippen LogP contribution in [0.15, 0.2) is 22.7 Å². The van der Waals surface area contributed by atoms with Gasteiger partial charge in [-0.15, -0.1) is 0 Å². The SMILES string of the molecule is Clc1nc(C2CC2)nc2cc(Br)ccc12. The molecular weight excluding hydrogens is 275 g/mol. The first kappa shape index (κ1) is 9.55. The Hall–Kier alpha value is -0.670. The third-order valence-corrected chi connectivity index (χ3v) is 3.35. The van der Waals surface area contributed by atoms with E-state index in [1.807, 2.05) is 18.2 Å². The van der Waals surface area contributed by atoms with Crippen LogP contribution in [0.25, 0.3) is 10.9 Å². The lowest BCUT2D eigenvalue weighted by Gasteiger charge is -2.03. The zero-order valence-corrected chi connectivity index (χ0v) is 10.2. The minimum atomic E-state index is 0.533. The van der Waals surface area contributed by atoms with Gasteiger partial charge in [0.15, 0.2) is 0 Å². The summed E-state index contributed by atoms with van der Waals surface area (Å²) in [7, 11) is 0. The summed E-state index contributed by atoms with van der Waals surface area (Å²) in [4.78, 5) is 8.87. The average Bonchev–Trinajstić information content (AvgIpc) is 2.99. The van der Waals surface area contributed by atoms with Crippen LogP contribution in [-0.4, -0.2) is 9.97 Å². The highest BCUT2D eigenvalue weighted by Gasteiger charge is 2.27. The number of halogens is 2. The highest BCUT2D eigenvalue weighted by Crippen LogP contribution is 2.39. The predicted octanol–water partition coefficient (Wildman–Crippen LogP) is 3.92. The van der Waals surface area contributed by atoms with Gasteiger partial charge in [-0.05, 0) is 31.0 Å². The lowest BCUT2D eigenvalue weighted by atomic mass is 10.2. The van der Waals surface area contributed by atoms with E-state index in [0.717, 1.165) is 21.2 Å². The molecule has 76 valence electrons. The smallest absolute Gasteiger partial charge is 0.140 e. The zero-order chi connectivity index (χ0) is 10.4. The van der Waals surface area contributed by atoms with Gasteiger partial charge in [0.1, 0.15) is 11.0 Å². The van der Waals surface area contributed by atoms with E-state index in [4.69, 9.17) is 11.6 Å². The zero-order valence-electron chi connectivity index (χ0n) is 7.87. The Balaban J connectivity index is 2.27. The Morgan fingerprint density at radius 1 is 1.27 bits per heavy atom. The van der Waals surface area contributed by atoms with Crippen molar-refractivity contribution in [1.29, 1.82) is 0 Å². The van der Waals surface area contributed by atoms with Crippen molar-refractivity contribution in [2.75, 3.05) is 0 Å². The topological polar surface area (TPSA) is 25.8 Å². The molecule has 0 saturated heterocycles. The molecule has 1 aliphatic rings. The summed E-state index contributed by atoms with van der Waals surface area (Å²) in [6.07, 6.45) is 2.38. The van der Waals surface area contributed by atoms with Gasteiger partial charge in [-0.2, -0.15) is 0 Å². The maximum atomic E-state index is 6.12. The number of nitrogens with zero attached hydrogens (tertiary/aromatic N) is 2. The van der Waals surface area contributed by atoms with Crippen LogP contribution in [0.5, 0.6) is 0 Å². The van der Waals surface area contributed by atoms with Crippen molar-refractivity contribution in [2.45, 2.75) is 18.8 Å². The molecule has 1 aromatic carbocycles. The molecule has 4 heteroatoms. The fourth-order valence-corrected chi connectivity index (χ4v) is 2.20. The molecule has 1 aromatic heterocycles. The minimum absolute atomic E-state index is 0.533. The maximum absolute atomic E-state index is 6.12. The highest BCUT2D eigenvalue weighted by molar-refractivity contribution is 9.10. The summed E-state index contributed by atoms with van der Waals surface area (Å²) >= 11 is 9.55. The Morgan fingerprint density at radius 2 is 2.07 bits per heavy atom. The Bertz CT molecular complexity index is 537. The van der Waals surface area contributed by atoms with Gasteiger partial charge in [0, 0.05) is 15.8 Å². The normalized spacial score (nSPS) is 15.9. The lowest BCUT2D eigenvalue weighted by molar-refractivity contribution is 0.948. The molecular formula is C11H8BrClN2. The number of hydrogen-bond acceptors (Lipinski definition) is 2. The van der Waals surface area contributed by atoms with Gasteiger partial charge in [-0.1, -0.05) is 27.5 Å². The van der Waals surface area contributed by atoms with E-state index in [2.05, 4.69) is 25.9 Å². The summed E-state index contributed by atoms with van der Waals surface area (Å²) < 4.78 is 1.02. The fourth-order valence-electron chi connectivity index (χ4n) is 1.61. The molecule has 0 spiro atoms. The van der Waals surface area contributed by atoms with Crippen LogP contribution in [0.1, 0.15) is 24.6 Å². The van der Waals surface area contributed by atoms with Gasteiger partial charge < -0.3 is 0 Å².